The third-order valence-corrected chi connectivity index (χ3v) is 3.75. The van der Waals surface area contributed by atoms with Crippen LogP contribution in [0.5, 0.6) is 0 Å². The van der Waals surface area contributed by atoms with E-state index in [0.29, 0.717) is 17.9 Å². The fourth-order valence-corrected chi connectivity index (χ4v) is 2.41. The van der Waals surface area contributed by atoms with Crippen LogP contribution in [0, 0.1) is 6.92 Å². The van der Waals surface area contributed by atoms with Gasteiger partial charge in [0.1, 0.15) is 6.61 Å². The lowest BCUT2D eigenvalue weighted by atomic mass is 10.1. The normalized spacial score (nSPS) is 10.2. The molecule has 1 aromatic carbocycles. The summed E-state index contributed by atoms with van der Waals surface area (Å²) in [6.07, 6.45) is 3.37. The van der Waals surface area contributed by atoms with Gasteiger partial charge in [-0.3, -0.25) is 9.78 Å². The summed E-state index contributed by atoms with van der Waals surface area (Å²) in [6.45, 7) is 2.36. The zero-order chi connectivity index (χ0) is 18.8. The molecule has 7 heteroatoms. The second kappa shape index (κ2) is 10.1. The molecule has 7 nitrogen and oxygen atoms in total. The molecule has 3 amide bonds. The molecule has 0 aliphatic rings. The monoisotopic (exact) mass is 356 g/mol. The lowest BCUT2D eigenvalue weighted by Crippen LogP contribution is -2.30. The first kappa shape index (κ1) is 19.4. The van der Waals surface area contributed by atoms with Crippen molar-refractivity contribution in [2.75, 3.05) is 30.9 Å². The van der Waals surface area contributed by atoms with Crippen LogP contribution >= 0.6 is 0 Å². The summed E-state index contributed by atoms with van der Waals surface area (Å²) >= 11 is 0. The van der Waals surface area contributed by atoms with Crippen LogP contribution < -0.4 is 16.0 Å². The van der Waals surface area contributed by atoms with Gasteiger partial charge < -0.3 is 20.7 Å². The van der Waals surface area contributed by atoms with Crippen molar-refractivity contribution in [3.8, 4) is 0 Å². The first-order chi connectivity index (χ1) is 12.6. The van der Waals surface area contributed by atoms with E-state index in [1.165, 1.54) is 7.11 Å². The van der Waals surface area contributed by atoms with Gasteiger partial charge in [0, 0.05) is 36.9 Å². The summed E-state index contributed by atoms with van der Waals surface area (Å²) < 4.78 is 4.80. The molecule has 1 heterocycles. The number of aryl methyl sites for hydroxylation is 1. The van der Waals surface area contributed by atoms with Crippen LogP contribution in [0.4, 0.5) is 16.2 Å². The molecular weight excluding hydrogens is 332 g/mol. The topological polar surface area (TPSA) is 92.4 Å². The highest BCUT2D eigenvalue weighted by Crippen LogP contribution is 2.23. The Kier molecular flexibility index (Phi) is 7.57. The number of anilines is 2. The van der Waals surface area contributed by atoms with Crippen LogP contribution in [0.15, 0.2) is 42.6 Å². The number of ether oxygens (including phenoxy) is 1. The molecule has 0 saturated carbocycles. The molecule has 0 unspecified atom stereocenters. The third kappa shape index (κ3) is 6.18. The Balaban J connectivity index is 1.81. The average molecular weight is 356 g/mol. The van der Waals surface area contributed by atoms with E-state index >= 15 is 0 Å². The molecular formula is C19H24N4O3. The molecule has 0 saturated heterocycles. The molecule has 2 aromatic rings. The van der Waals surface area contributed by atoms with E-state index in [0.717, 1.165) is 24.1 Å². The number of benzene rings is 1. The van der Waals surface area contributed by atoms with Crippen LogP contribution in [0.3, 0.4) is 0 Å². The fourth-order valence-electron chi connectivity index (χ4n) is 2.41. The Hall–Kier alpha value is -2.93. The van der Waals surface area contributed by atoms with Gasteiger partial charge in [-0.25, -0.2) is 4.79 Å². The zero-order valence-corrected chi connectivity index (χ0v) is 15.0. The van der Waals surface area contributed by atoms with Gasteiger partial charge in [-0.15, -0.1) is 0 Å². The molecule has 0 bridgehead atoms. The van der Waals surface area contributed by atoms with Crippen LogP contribution in [-0.2, 0) is 16.0 Å². The summed E-state index contributed by atoms with van der Waals surface area (Å²) in [5.41, 5.74) is 3.06. The predicted octanol–water partition coefficient (Wildman–Crippen LogP) is 2.73. The van der Waals surface area contributed by atoms with Crippen LogP contribution in [0.2, 0.25) is 0 Å². The van der Waals surface area contributed by atoms with Crippen LogP contribution in [-0.4, -0.2) is 37.2 Å². The van der Waals surface area contributed by atoms with Gasteiger partial charge in [-0.2, -0.15) is 0 Å². The lowest BCUT2D eigenvalue weighted by molar-refractivity contribution is -0.119. The number of amides is 3. The van der Waals surface area contributed by atoms with Gasteiger partial charge in [0.15, 0.2) is 0 Å². The number of rotatable bonds is 8. The number of hydrogen-bond donors (Lipinski definition) is 3. The number of pyridine rings is 1. The van der Waals surface area contributed by atoms with Crippen molar-refractivity contribution in [1.29, 1.82) is 0 Å². The number of nitrogens with zero attached hydrogens (tertiary/aromatic N) is 1. The van der Waals surface area contributed by atoms with Gasteiger partial charge in [0.25, 0.3) is 0 Å². The number of carbonyl (C=O) groups is 2. The van der Waals surface area contributed by atoms with Crippen molar-refractivity contribution in [2.45, 2.75) is 19.8 Å². The lowest BCUT2D eigenvalue weighted by Gasteiger charge is -2.14. The van der Waals surface area contributed by atoms with E-state index in [1.807, 2.05) is 25.1 Å². The minimum absolute atomic E-state index is 0.0200. The Morgan fingerprint density at radius 1 is 1.08 bits per heavy atom. The molecule has 0 fully saturated rings. The number of methoxy groups -OCH3 is 1. The van der Waals surface area contributed by atoms with Crippen molar-refractivity contribution in [3.63, 3.8) is 0 Å². The molecule has 0 aliphatic heterocycles. The largest absolute Gasteiger partial charge is 0.375 e. The second-order valence-electron chi connectivity index (χ2n) is 5.76. The zero-order valence-electron chi connectivity index (χ0n) is 15.0. The van der Waals surface area contributed by atoms with E-state index in [9.17, 15) is 9.59 Å². The summed E-state index contributed by atoms with van der Waals surface area (Å²) in [4.78, 5) is 28.0. The number of urea groups is 1. The molecule has 3 N–H and O–H groups in total. The molecule has 2 rings (SSSR count). The maximum atomic E-state index is 12.1. The van der Waals surface area contributed by atoms with E-state index in [1.54, 1.807) is 24.4 Å². The van der Waals surface area contributed by atoms with Gasteiger partial charge in [-0.05, 0) is 49.6 Å². The van der Waals surface area contributed by atoms with Gasteiger partial charge in [0.05, 0.1) is 0 Å². The molecule has 1 aromatic heterocycles. The van der Waals surface area contributed by atoms with Crippen molar-refractivity contribution in [3.05, 3.63) is 53.9 Å². The minimum Gasteiger partial charge on any atom is -0.375 e. The van der Waals surface area contributed by atoms with E-state index in [4.69, 9.17) is 4.74 Å². The van der Waals surface area contributed by atoms with E-state index in [2.05, 4.69) is 20.9 Å². The standard InChI is InChI=1S/C19H24N4O3/c1-14-16(22-18(24)13-26-2)9-5-10-17(14)23-19(25)21-12-6-8-15-7-3-4-11-20-15/h3-5,7,9-11H,6,8,12-13H2,1-2H3,(H,22,24)(H2,21,23,25). The van der Waals surface area contributed by atoms with Crippen molar-refractivity contribution >= 4 is 23.3 Å². The molecule has 0 spiro atoms. The first-order valence-electron chi connectivity index (χ1n) is 8.43. The van der Waals surface area contributed by atoms with Crippen molar-refractivity contribution < 1.29 is 14.3 Å². The van der Waals surface area contributed by atoms with E-state index in [-0.39, 0.29) is 18.5 Å². The van der Waals surface area contributed by atoms with Crippen molar-refractivity contribution in [1.82, 2.24) is 10.3 Å². The predicted molar refractivity (Wildman–Crippen MR) is 101 cm³/mol. The molecule has 0 atom stereocenters. The first-order valence-corrected chi connectivity index (χ1v) is 8.43. The number of carbonyl (C=O) groups excluding carboxylic acids is 2. The maximum absolute atomic E-state index is 12.1. The van der Waals surface area contributed by atoms with Gasteiger partial charge in [-0.1, -0.05) is 12.1 Å². The van der Waals surface area contributed by atoms with Crippen LogP contribution in [0.1, 0.15) is 17.7 Å². The number of nitrogens with one attached hydrogen (secondary N) is 3. The Morgan fingerprint density at radius 2 is 1.85 bits per heavy atom. The van der Waals surface area contributed by atoms with Crippen molar-refractivity contribution in [2.24, 2.45) is 0 Å². The highest BCUT2D eigenvalue weighted by Gasteiger charge is 2.09. The van der Waals surface area contributed by atoms with Crippen LogP contribution in [0.25, 0.3) is 0 Å². The molecule has 0 aliphatic carbocycles. The highest BCUT2D eigenvalue weighted by atomic mass is 16.5. The molecule has 0 radical (unpaired) electrons. The Morgan fingerprint density at radius 3 is 2.54 bits per heavy atom. The summed E-state index contributed by atoms with van der Waals surface area (Å²) in [6, 6.07) is 10.8. The SMILES string of the molecule is COCC(=O)Nc1cccc(NC(=O)NCCCc2ccccn2)c1C. The second-order valence-corrected chi connectivity index (χ2v) is 5.76. The van der Waals surface area contributed by atoms with E-state index < -0.39 is 0 Å². The smallest absolute Gasteiger partial charge is 0.319 e. The quantitative estimate of drug-likeness (QED) is 0.634. The maximum Gasteiger partial charge on any atom is 0.319 e. The highest BCUT2D eigenvalue weighted by molar-refractivity contribution is 5.95. The number of hydrogen-bond acceptors (Lipinski definition) is 4. The average Bonchev–Trinajstić information content (AvgIpc) is 2.63. The van der Waals surface area contributed by atoms with Gasteiger partial charge >= 0.3 is 6.03 Å². The fraction of sp³-hybridized carbons (Fsp3) is 0.316. The minimum atomic E-state index is -0.283. The number of aromatic nitrogens is 1. The Labute approximate surface area is 153 Å². The molecule has 138 valence electrons. The summed E-state index contributed by atoms with van der Waals surface area (Å²) in [7, 11) is 1.46. The van der Waals surface area contributed by atoms with Gasteiger partial charge in [0.2, 0.25) is 5.91 Å². The summed E-state index contributed by atoms with van der Waals surface area (Å²) in [5.74, 6) is -0.244. The molecule has 26 heavy (non-hydrogen) atoms. The third-order valence-electron chi connectivity index (χ3n) is 3.75. The Bertz CT molecular complexity index is 735. The summed E-state index contributed by atoms with van der Waals surface area (Å²) in [5, 5.41) is 8.38.